The summed E-state index contributed by atoms with van der Waals surface area (Å²) in [6.07, 6.45) is 4.87. The van der Waals surface area contributed by atoms with Crippen molar-refractivity contribution in [3.63, 3.8) is 0 Å². The predicted molar refractivity (Wildman–Crippen MR) is 85.3 cm³/mol. The van der Waals surface area contributed by atoms with Crippen molar-refractivity contribution in [2.24, 2.45) is 0 Å². The smallest absolute Gasteiger partial charge is 0.132 e. The van der Waals surface area contributed by atoms with Crippen molar-refractivity contribution in [1.29, 1.82) is 0 Å². The first-order chi connectivity index (χ1) is 9.78. The monoisotopic (exact) mass is 295 g/mol. The second-order valence-corrected chi connectivity index (χ2v) is 6.40. The molecule has 1 unspecified atom stereocenters. The molecule has 2 rings (SSSR count). The van der Waals surface area contributed by atoms with Crippen LogP contribution in [0.15, 0.2) is 17.0 Å². The fourth-order valence-electron chi connectivity index (χ4n) is 2.72. The molecular weight excluding hydrogens is 270 g/mol. The molecule has 3 nitrogen and oxygen atoms in total. The maximum absolute atomic E-state index is 5.58. The summed E-state index contributed by atoms with van der Waals surface area (Å²) < 4.78 is 11.1. The lowest BCUT2D eigenvalue weighted by Crippen LogP contribution is -2.35. The van der Waals surface area contributed by atoms with Crippen LogP contribution in [0.3, 0.4) is 0 Å². The second kappa shape index (κ2) is 7.79. The van der Waals surface area contributed by atoms with Gasteiger partial charge in [-0.1, -0.05) is 13.3 Å². The molecule has 1 heterocycles. The van der Waals surface area contributed by atoms with Gasteiger partial charge in [-0.15, -0.1) is 11.8 Å². The highest BCUT2D eigenvalue weighted by molar-refractivity contribution is 7.99. The Morgan fingerprint density at radius 2 is 2.00 bits per heavy atom. The number of piperidine rings is 1. The number of rotatable bonds is 6. The van der Waals surface area contributed by atoms with Crippen molar-refractivity contribution in [1.82, 2.24) is 5.32 Å². The Labute approximate surface area is 126 Å². The van der Waals surface area contributed by atoms with E-state index in [1.807, 2.05) is 0 Å². The van der Waals surface area contributed by atoms with Gasteiger partial charge in [-0.05, 0) is 49.3 Å². The topological polar surface area (TPSA) is 30.5 Å². The van der Waals surface area contributed by atoms with Gasteiger partial charge in [-0.25, -0.2) is 0 Å². The van der Waals surface area contributed by atoms with Crippen LogP contribution < -0.4 is 14.8 Å². The van der Waals surface area contributed by atoms with Gasteiger partial charge >= 0.3 is 0 Å². The minimum atomic E-state index is 0.562. The number of methoxy groups -OCH3 is 2. The first-order valence-electron chi connectivity index (χ1n) is 7.39. The number of hydrogen-bond acceptors (Lipinski definition) is 4. The zero-order valence-corrected chi connectivity index (χ0v) is 13.5. The molecule has 1 N–H and O–H groups in total. The van der Waals surface area contributed by atoms with Crippen LogP contribution in [0.5, 0.6) is 11.5 Å². The number of hydrogen-bond donors (Lipinski definition) is 1. The average Bonchev–Trinajstić information content (AvgIpc) is 2.49. The van der Waals surface area contributed by atoms with Gasteiger partial charge in [0, 0.05) is 6.04 Å². The van der Waals surface area contributed by atoms with Gasteiger partial charge < -0.3 is 14.8 Å². The molecule has 1 aromatic carbocycles. The van der Waals surface area contributed by atoms with E-state index < -0.39 is 0 Å². The standard InChI is InChI=1S/C16H25NO2S/c1-4-20-16-11-14(18-2)12(10-15(16)19-3)9-13-7-5-6-8-17-13/h10-11,13,17H,4-9H2,1-3H3. The summed E-state index contributed by atoms with van der Waals surface area (Å²) in [5.41, 5.74) is 1.24. The molecule has 4 heteroatoms. The Balaban J connectivity index is 2.21. The Morgan fingerprint density at radius 1 is 1.20 bits per heavy atom. The molecule has 0 aliphatic carbocycles. The molecule has 1 saturated heterocycles. The summed E-state index contributed by atoms with van der Waals surface area (Å²) in [6, 6.07) is 4.82. The number of nitrogens with one attached hydrogen (secondary N) is 1. The normalized spacial score (nSPS) is 18.9. The Bertz CT molecular complexity index is 431. The third-order valence-electron chi connectivity index (χ3n) is 3.75. The van der Waals surface area contributed by atoms with Crippen LogP contribution in [0.4, 0.5) is 0 Å². The first kappa shape index (κ1) is 15.5. The van der Waals surface area contributed by atoms with E-state index >= 15 is 0 Å². The van der Waals surface area contributed by atoms with Gasteiger partial charge in [0.15, 0.2) is 0 Å². The van der Waals surface area contributed by atoms with Crippen LogP contribution in [0.25, 0.3) is 0 Å². The molecule has 0 spiro atoms. The fourth-order valence-corrected chi connectivity index (χ4v) is 3.51. The highest BCUT2D eigenvalue weighted by Gasteiger charge is 2.17. The summed E-state index contributed by atoms with van der Waals surface area (Å²) in [6.45, 7) is 3.28. The van der Waals surface area contributed by atoms with Gasteiger partial charge in [-0.2, -0.15) is 0 Å². The lowest BCUT2D eigenvalue weighted by Gasteiger charge is -2.24. The molecule has 0 saturated carbocycles. The molecule has 0 amide bonds. The van der Waals surface area contributed by atoms with E-state index in [0.717, 1.165) is 35.1 Å². The highest BCUT2D eigenvalue weighted by atomic mass is 32.2. The first-order valence-corrected chi connectivity index (χ1v) is 8.38. The highest BCUT2D eigenvalue weighted by Crippen LogP contribution is 2.36. The van der Waals surface area contributed by atoms with Gasteiger partial charge in [0.05, 0.1) is 19.1 Å². The SMILES string of the molecule is CCSc1cc(OC)c(CC2CCCCN2)cc1OC. The van der Waals surface area contributed by atoms with E-state index in [0.29, 0.717) is 6.04 Å². The fraction of sp³-hybridized carbons (Fsp3) is 0.625. The van der Waals surface area contributed by atoms with Crippen molar-refractivity contribution in [2.45, 2.75) is 43.5 Å². The number of benzene rings is 1. The molecule has 1 aliphatic rings. The van der Waals surface area contributed by atoms with E-state index in [-0.39, 0.29) is 0 Å². The van der Waals surface area contributed by atoms with Crippen molar-refractivity contribution < 1.29 is 9.47 Å². The second-order valence-electron chi connectivity index (χ2n) is 5.10. The quantitative estimate of drug-likeness (QED) is 0.814. The Kier molecular flexibility index (Phi) is 6.05. The maximum atomic E-state index is 5.58. The summed E-state index contributed by atoms with van der Waals surface area (Å²) in [5.74, 6) is 2.97. The largest absolute Gasteiger partial charge is 0.496 e. The van der Waals surface area contributed by atoms with Gasteiger partial charge in [0.25, 0.3) is 0 Å². The minimum absolute atomic E-state index is 0.562. The van der Waals surface area contributed by atoms with Crippen LogP contribution >= 0.6 is 11.8 Å². The summed E-state index contributed by atoms with van der Waals surface area (Å²) in [4.78, 5) is 1.16. The van der Waals surface area contributed by atoms with Crippen LogP contribution in [0.1, 0.15) is 31.7 Å². The molecule has 112 valence electrons. The Hall–Kier alpha value is -0.870. The average molecular weight is 295 g/mol. The summed E-state index contributed by atoms with van der Waals surface area (Å²) in [7, 11) is 3.49. The third-order valence-corrected chi connectivity index (χ3v) is 4.66. The predicted octanol–water partition coefficient (Wildman–Crippen LogP) is 3.50. The molecule has 1 aliphatic heterocycles. The van der Waals surface area contributed by atoms with Gasteiger partial charge in [-0.3, -0.25) is 0 Å². The maximum Gasteiger partial charge on any atom is 0.132 e. The molecular formula is C16H25NO2S. The summed E-state index contributed by atoms with van der Waals surface area (Å²) in [5, 5.41) is 3.59. The molecule has 1 atom stereocenters. The van der Waals surface area contributed by atoms with Crippen LogP contribution in [-0.2, 0) is 6.42 Å². The van der Waals surface area contributed by atoms with Crippen LogP contribution in [0.2, 0.25) is 0 Å². The van der Waals surface area contributed by atoms with E-state index in [1.54, 1.807) is 26.0 Å². The molecule has 0 aromatic heterocycles. The van der Waals surface area contributed by atoms with Gasteiger partial charge in [0.2, 0.25) is 0 Å². The third kappa shape index (κ3) is 3.83. The molecule has 0 bridgehead atoms. The lowest BCUT2D eigenvalue weighted by molar-refractivity contribution is 0.373. The zero-order valence-electron chi connectivity index (χ0n) is 12.7. The zero-order chi connectivity index (χ0) is 14.4. The van der Waals surface area contributed by atoms with Gasteiger partial charge in [0.1, 0.15) is 11.5 Å². The molecule has 1 aromatic rings. The van der Waals surface area contributed by atoms with E-state index in [2.05, 4.69) is 24.4 Å². The van der Waals surface area contributed by atoms with Crippen LogP contribution in [-0.4, -0.2) is 32.6 Å². The van der Waals surface area contributed by atoms with E-state index in [9.17, 15) is 0 Å². The van der Waals surface area contributed by atoms with E-state index in [1.165, 1.54) is 24.8 Å². The molecule has 20 heavy (non-hydrogen) atoms. The molecule has 1 fully saturated rings. The van der Waals surface area contributed by atoms with Crippen molar-refractivity contribution in [3.05, 3.63) is 17.7 Å². The van der Waals surface area contributed by atoms with Crippen molar-refractivity contribution >= 4 is 11.8 Å². The minimum Gasteiger partial charge on any atom is -0.496 e. The van der Waals surface area contributed by atoms with Crippen LogP contribution in [0, 0.1) is 0 Å². The Morgan fingerprint density at radius 3 is 2.60 bits per heavy atom. The number of ether oxygens (including phenoxy) is 2. The van der Waals surface area contributed by atoms with E-state index in [4.69, 9.17) is 9.47 Å². The molecule has 0 radical (unpaired) electrons. The number of thioether (sulfide) groups is 1. The van der Waals surface area contributed by atoms with Crippen molar-refractivity contribution in [3.8, 4) is 11.5 Å². The van der Waals surface area contributed by atoms with Crippen molar-refractivity contribution in [2.75, 3.05) is 26.5 Å². The summed E-state index contributed by atoms with van der Waals surface area (Å²) >= 11 is 1.79. The lowest BCUT2D eigenvalue weighted by atomic mass is 9.97.